The van der Waals surface area contributed by atoms with Gasteiger partial charge in [0, 0.05) is 37.8 Å². The summed E-state index contributed by atoms with van der Waals surface area (Å²) in [5.74, 6) is 0.0147. The Kier molecular flexibility index (Phi) is 12.1. The molecule has 0 saturated carbocycles. The van der Waals surface area contributed by atoms with Crippen molar-refractivity contribution in [1.29, 1.82) is 0 Å². The molecule has 3 heterocycles. The third kappa shape index (κ3) is 8.09. The van der Waals surface area contributed by atoms with Crippen molar-refractivity contribution in [2.75, 3.05) is 39.8 Å². The number of carbonyl (C=O) groups excluding carboxylic acids is 3. The Balaban J connectivity index is 1.71. The Hall–Kier alpha value is -1.93. The van der Waals surface area contributed by atoms with Crippen LogP contribution in [0.3, 0.4) is 0 Å². The quantitative estimate of drug-likeness (QED) is 0.389. The highest BCUT2D eigenvalue weighted by molar-refractivity contribution is 5.94. The van der Waals surface area contributed by atoms with E-state index in [1.807, 2.05) is 33.9 Å². The van der Waals surface area contributed by atoms with Gasteiger partial charge in [0.15, 0.2) is 0 Å². The van der Waals surface area contributed by atoms with E-state index in [0.29, 0.717) is 5.57 Å². The maximum atomic E-state index is 13.9. The number of piperidine rings is 1. The lowest BCUT2D eigenvalue weighted by molar-refractivity contribution is -0.140. The molecule has 1 N–H and O–H groups in total. The van der Waals surface area contributed by atoms with E-state index in [4.69, 9.17) is 0 Å². The van der Waals surface area contributed by atoms with Crippen molar-refractivity contribution in [3.63, 3.8) is 0 Å². The highest BCUT2D eigenvalue weighted by atomic mass is 16.2. The summed E-state index contributed by atoms with van der Waals surface area (Å²) >= 11 is 0. The summed E-state index contributed by atoms with van der Waals surface area (Å²) in [6, 6.07) is -0.480. The number of hydrogen-bond acceptors (Lipinski definition) is 5. The lowest BCUT2D eigenvalue weighted by atomic mass is 9.95. The SMILES string of the molecule is C/C(=C\C(C(C)C)N(C)C(=O)C(NC(=O)C1CCCCN1C(C)C)C(C)C)C(=O)N1CCCC1CN1CCCC1. The number of likely N-dealkylation sites (N-methyl/N-ethyl adjacent to an activating group) is 1. The van der Waals surface area contributed by atoms with Gasteiger partial charge in [-0.05, 0) is 90.8 Å². The van der Waals surface area contributed by atoms with Crippen LogP contribution in [0.2, 0.25) is 0 Å². The van der Waals surface area contributed by atoms with Crippen LogP contribution in [-0.2, 0) is 14.4 Å². The van der Waals surface area contributed by atoms with Gasteiger partial charge >= 0.3 is 0 Å². The van der Waals surface area contributed by atoms with Crippen LogP contribution in [0.5, 0.6) is 0 Å². The number of nitrogens with zero attached hydrogens (tertiary/aromatic N) is 4. The van der Waals surface area contributed by atoms with Crippen LogP contribution >= 0.6 is 0 Å². The van der Waals surface area contributed by atoms with Crippen LogP contribution in [0.4, 0.5) is 0 Å². The van der Waals surface area contributed by atoms with Gasteiger partial charge in [-0.1, -0.05) is 40.2 Å². The highest BCUT2D eigenvalue weighted by Crippen LogP contribution is 2.24. The van der Waals surface area contributed by atoms with Crippen LogP contribution in [0.25, 0.3) is 0 Å². The van der Waals surface area contributed by atoms with Crippen LogP contribution in [-0.4, -0.2) is 107 Å². The first-order valence-electron chi connectivity index (χ1n) is 16.0. The van der Waals surface area contributed by atoms with Crippen molar-refractivity contribution in [1.82, 2.24) is 24.9 Å². The summed E-state index contributed by atoms with van der Waals surface area (Å²) in [6.07, 6.45) is 9.57. The van der Waals surface area contributed by atoms with Gasteiger partial charge in [0.2, 0.25) is 17.7 Å². The molecular weight excluding hydrogens is 502 g/mol. The van der Waals surface area contributed by atoms with Gasteiger partial charge in [-0.25, -0.2) is 0 Å². The molecule has 0 aliphatic carbocycles. The zero-order valence-electron chi connectivity index (χ0n) is 26.6. The summed E-state index contributed by atoms with van der Waals surface area (Å²) in [5, 5.41) is 3.13. The van der Waals surface area contributed by atoms with Crippen LogP contribution < -0.4 is 5.32 Å². The molecule has 0 bridgehead atoms. The smallest absolute Gasteiger partial charge is 0.249 e. The molecule has 4 atom stereocenters. The van der Waals surface area contributed by atoms with E-state index in [9.17, 15) is 14.4 Å². The fourth-order valence-corrected chi connectivity index (χ4v) is 6.84. The number of hydrogen-bond donors (Lipinski definition) is 1. The van der Waals surface area contributed by atoms with Gasteiger partial charge in [-0.2, -0.15) is 0 Å². The molecule has 3 amide bonds. The van der Waals surface area contributed by atoms with Gasteiger partial charge in [0.25, 0.3) is 0 Å². The van der Waals surface area contributed by atoms with E-state index in [0.717, 1.165) is 64.8 Å². The molecule has 0 aromatic carbocycles. The standard InChI is InChI=1S/C32H57N5O3/c1-22(2)28(20-25(7)31(39)37-19-13-14-26(37)21-35-16-11-12-17-35)34(8)32(40)29(23(3)4)33-30(38)27-15-9-10-18-36(27)24(5)6/h20,22-24,26-29H,9-19,21H2,1-8H3,(H,33,38)/b25-20+. The second-order valence-electron chi connectivity index (χ2n) is 13.4. The molecule has 40 heavy (non-hydrogen) atoms. The van der Waals surface area contributed by atoms with E-state index in [-0.39, 0.29) is 53.7 Å². The molecule has 8 nitrogen and oxygen atoms in total. The minimum absolute atomic E-state index is 0.0464. The third-order valence-corrected chi connectivity index (χ3v) is 9.28. The predicted molar refractivity (Wildman–Crippen MR) is 162 cm³/mol. The molecule has 0 aromatic rings. The van der Waals surface area contributed by atoms with Crippen LogP contribution in [0, 0.1) is 11.8 Å². The minimum atomic E-state index is -0.609. The Bertz CT molecular complexity index is 895. The van der Waals surface area contributed by atoms with E-state index in [2.05, 4.69) is 47.7 Å². The first kappa shape index (κ1) is 32.6. The van der Waals surface area contributed by atoms with Gasteiger partial charge in [-0.3, -0.25) is 19.3 Å². The van der Waals surface area contributed by atoms with E-state index in [1.54, 1.807) is 4.90 Å². The van der Waals surface area contributed by atoms with Crippen molar-refractivity contribution in [3.05, 3.63) is 11.6 Å². The molecule has 0 spiro atoms. The first-order chi connectivity index (χ1) is 18.9. The Morgan fingerprint density at radius 1 is 0.875 bits per heavy atom. The third-order valence-electron chi connectivity index (χ3n) is 9.28. The van der Waals surface area contributed by atoms with Crippen molar-refractivity contribution in [2.45, 2.75) is 124 Å². The minimum Gasteiger partial charge on any atom is -0.343 e. The monoisotopic (exact) mass is 559 g/mol. The number of rotatable bonds is 11. The second-order valence-corrected chi connectivity index (χ2v) is 13.4. The van der Waals surface area contributed by atoms with Gasteiger partial charge in [-0.15, -0.1) is 0 Å². The normalized spacial score (nSPS) is 24.7. The molecule has 8 heteroatoms. The highest BCUT2D eigenvalue weighted by Gasteiger charge is 2.37. The fraction of sp³-hybridized carbons (Fsp3) is 0.844. The zero-order valence-corrected chi connectivity index (χ0v) is 26.6. The molecule has 4 unspecified atom stereocenters. The van der Waals surface area contributed by atoms with E-state index < -0.39 is 6.04 Å². The lowest BCUT2D eigenvalue weighted by Crippen LogP contribution is -2.58. The molecule has 3 rings (SSSR count). The summed E-state index contributed by atoms with van der Waals surface area (Å²) in [4.78, 5) is 49.5. The van der Waals surface area contributed by atoms with Gasteiger partial charge in [0.05, 0.1) is 12.1 Å². The Morgan fingerprint density at radius 2 is 1.52 bits per heavy atom. The van der Waals surface area contributed by atoms with E-state index in [1.165, 1.54) is 12.8 Å². The van der Waals surface area contributed by atoms with Crippen molar-refractivity contribution >= 4 is 17.7 Å². The maximum Gasteiger partial charge on any atom is 0.249 e. The average molecular weight is 560 g/mol. The number of likely N-dealkylation sites (tertiary alicyclic amines) is 3. The second kappa shape index (κ2) is 14.8. The molecular formula is C32H57N5O3. The fourth-order valence-electron chi connectivity index (χ4n) is 6.84. The summed E-state index contributed by atoms with van der Waals surface area (Å²) in [7, 11) is 1.82. The topological polar surface area (TPSA) is 76.2 Å². The maximum absolute atomic E-state index is 13.9. The molecule has 0 radical (unpaired) electrons. The van der Waals surface area contributed by atoms with Gasteiger partial charge in [0.1, 0.15) is 6.04 Å². The summed E-state index contributed by atoms with van der Waals surface area (Å²) in [5.41, 5.74) is 0.701. The van der Waals surface area contributed by atoms with Crippen molar-refractivity contribution < 1.29 is 14.4 Å². The Morgan fingerprint density at radius 3 is 2.12 bits per heavy atom. The van der Waals surface area contributed by atoms with E-state index >= 15 is 0 Å². The Labute approximate surface area is 243 Å². The molecule has 0 aromatic heterocycles. The molecule has 228 valence electrons. The predicted octanol–water partition coefficient (Wildman–Crippen LogP) is 3.91. The van der Waals surface area contributed by atoms with Gasteiger partial charge < -0.3 is 20.0 Å². The van der Waals surface area contributed by atoms with Crippen LogP contribution in [0.15, 0.2) is 11.6 Å². The number of carbonyl (C=O) groups is 3. The number of amides is 3. The first-order valence-corrected chi connectivity index (χ1v) is 16.0. The molecule has 3 saturated heterocycles. The summed E-state index contributed by atoms with van der Waals surface area (Å²) in [6.45, 7) is 19.3. The zero-order chi connectivity index (χ0) is 29.6. The summed E-state index contributed by atoms with van der Waals surface area (Å²) < 4.78 is 0. The van der Waals surface area contributed by atoms with Crippen LogP contribution in [0.1, 0.15) is 93.4 Å². The largest absolute Gasteiger partial charge is 0.343 e. The molecule has 3 aliphatic heterocycles. The lowest BCUT2D eigenvalue weighted by Gasteiger charge is -2.39. The van der Waals surface area contributed by atoms with Crippen molar-refractivity contribution in [2.24, 2.45) is 11.8 Å². The van der Waals surface area contributed by atoms with Crippen molar-refractivity contribution in [3.8, 4) is 0 Å². The molecule has 3 fully saturated rings. The number of nitrogens with one attached hydrogen (secondary N) is 1. The average Bonchev–Trinajstić information content (AvgIpc) is 3.61. The molecule has 3 aliphatic rings.